The Hall–Kier alpha value is -3.49. The van der Waals surface area contributed by atoms with Crippen molar-refractivity contribution in [1.29, 1.82) is 0 Å². The van der Waals surface area contributed by atoms with E-state index in [-0.39, 0.29) is 11.6 Å². The molecule has 0 aliphatic heterocycles. The first kappa shape index (κ1) is 24.6. The Bertz CT molecular complexity index is 1080. The van der Waals surface area contributed by atoms with Gasteiger partial charge in [-0.1, -0.05) is 0 Å². The minimum absolute atomic E-state index is 0.0352. The van der Waals surface area contributed by atoms with Gasteiger partial charge in [-0.2, -0.15) is 4.98 Å². The number of nitro groups is 1. The second-order valence-electron chi connectivity index (χ2n) is 9.69. The number of nitrogens with one attached hydrogen (secondary N) is 2. The second kappa shape index (κ2) is 11.3. The summed E-state index contributed by atoms with van der Waals surface area (Å²) in [6.07, 6.45) is 11.7. The van der Waals surface area contributed by atoms with E-state index in [2.05, 4.69) is 15.5 Å². The van der Waals surface area contributed by atoms with Crippen molar-refractivity contribution < 1.29 is 9.72 Å². The lowest BCUT2D eigenvalue weighted by atomic mass is 9.86. The number of aryl methyl sites for hydroxylation is 1. The molecule has 1 heterocycles. The monoisotopic (exact) mass is 478 g/mol. The molecule has 2 aliphatic carbocycles. The van der Waals surface area contributed by atoms with E-state index in [1.165, 1.54) is 42.3 Å². The van der Waals surface area contributed by atoms with Crippen molar-refractivity contribution in [3.05, 3.63) is 57.3 Å². The predicted octanol–water partition coefficient (Wildman–Crippen LogP) is 4.13. The van der Waals surface area contributed by atoms with E-state index in [4.69, 9.17) is 9.97 Å². The second-order valence-corrected chi connectivity index (χ2v) is 9.69. The Balaban J connectivity index is 1.23. The van der Waals surface area contributed by atoms with Gasteiger partial charge < -0.3 is 15.5 Å². The molecule has 0 bridgehead atoms. The van der Waals surface area contributed by atoms with Crippen molar-refractivity contribution in [2.24, 2.45) is 5.92 Å². The molecule has 0 unspecified atom stereocenters. The average molecular weight is 479 g/mol. The summed E-state index contributed by atoms with van der Waals surface area (Å²) in [7, 11) is 4.09. The number of non-ortho nitro benzene ring substituents is 1. The smallest absolute Gasteiger partial charge is 0.269 e. The summed E-state index contributed by atoms with van der Waals surface area (Å²) in [5.74, 6) is 2.08. The summed E-state index contributed by atoms with van der Waals surface area (Å²) in [5, 5.41) is 17.3. The number of rotatable bonds is 8. The van der Waals surface area contributed by atoms with Crippen LogP contribution in [0.2, 0.25) is 0 Å². The molecule has 186 valence electrons. The molecule has 4 rings (SSSR count). The maximum absolute atomic E-state index is 12.2. The summed E-state index contributed by atoms with van der Waals surface area (Å²) in [4.78, 5) is 34.2. The number of hydrogen-bond donors (Lipinski definition) is 2. The molecule has 0 spiro atoms. The lowest BCUT2D eigenvalue weighted by Crippen LogP contribution is -2.33. The molecular weight excluding hydrogens is 444 g/mol. The molecule has 2 N–H and O–H groups in total. The Labute approximate surface area is 206 Å². The SMILES string of the molecule is CN(C)c1nc(NC2CCC(CNC(=O)/C=C/c3ccc([N+](=O)[O-])cc3)CC2)nc2c1CCCC2. The lowest BCUT2D eigenvalue weighted by molar-refractivity contribution is -0.384. The third-order valence-electron chi connectivity index (χ3n) is 6.86. The minimum atomic E-state index is -0.439. The molecule has 2 aromatic rings. The van der Waals surface area contributed by atoms with Crippen LogP contribution in [0.3, 0.4) is 0 Å². The molecule has 35 heavy (non-hydrogen) atoms. The zero-order valence-electron chi connectivity index (χ0n) is 20.5. The Kier molecular flexibility index (Phi) is 7.94. The number of benzene rings is 1. The molecule has 1 aromatic heterocycles. The van der Waals surface area contributed by atoms with Crippen LogP contribution >= 0.6 is 0 Å². The molecule has 0 saturated heterocycles. The summed E-state index contributed by atoms with van der Waals surface area (Å²) < 4.78 is 0. The Morgan fingerprint density at radius 3 is 2.51 bits per heavy atom. The van der Waals surface area contributed by atoms with E-state index >= 15 is 0 Å². The van der Waals surface area contributed by atoms with Crippen LogP contribution in [0.25, 0.3) is 6.08 Å². The van der Waals surface area contributed by atoms with Crippen LogP contribution in [-0.4, -0.2) is 47.5 Å². The van der Waals surface area contributed by atoms with Gasteiger partial charge >= 0.3 is 0 Å². The van der Waals surface area contributed by atoms with Crippen LogP contribution < -0.4 is 15.5 Å². The highest BCUT2D eigenvalue weighted by Crippen LogP contribution is 2.30. The van der Waals surface area contributed by atoms with Gasteiger partial charge in [0, 0.05) is 50.5 Å². The molecule has 1 fully saturated rings. The van der Waals surface area contributed by atoms with E-state index in [0.29, 0.717) is 18.5 Å². The fourth-order valence-electron chi connectivity index (χ4n) is 4.89. The van der Waals surface area contributed by atoms with Crippen molar-refractivity contribution in [2.75, 3.05) is 30.9 Å². The van der Waals surface area contributed by atoms with Crippen molar-refractivity contribution in [3.63, 3.8) is 0 Å². The van der Waals surface area contributed by atoms with Gasteiger partial charge in [0.2, 0.25) is 11.9 Å². The van der Waals surface area contributed by atoms with E-state index < -0.39 is 4.92 Å². The Morgan fingerprint density at radius 1 is 1.11 bits per heavy atom. The zero-order chi connectivity index (χ0) is 24.8. The molecular formula is C26H34N6O3. The maximum atomic E-state index is 12.2. The van der Waals surface area contributed by atoms with Crippen LogP contribution in [-0.2, 0) is 17.6 Å². The number of carbonyl (C=O) groups is 1. The van der Waals surface area contributed by atoms with E-state index in [1.807, 2.05) is 14.1 Å². The summed E-state index contributed by atoms with van der Waals surface area (Å²) >= 11 is 0. The first-order valence-electron chi connectivity index (χ1n) is 12.4. The zero-order valence-corrected chi connectivity index (χ0v) is 20.5. The van der Waals surface area contributed by atoms with Crippen molar-refractivity contribution in [2.45, 2.75) is 57.4 Å². The van der Waals surface area contributed by atoms with Crippen molar-refractivity contribution >= 4 is 29.4 Å². The number of hydrogen-bond acceptors (Lipinski definition) is 7. The number of nitro benzene ring substituents is 1. The quantitative estimate of drug-likeness (QED) is 0.333. The van der Waals surface area contributed by atoms with Crippen LogP contribution in [0.1, 0.15) is 55.3 Å². The number of aromatic nitrogens is 2. The number of amides is 1. The fraction of sp³-hybridized carbons (Fsp3) is 0.500. The largest absolute Gasteiger partial charge is 0.362 e. The molecule has 1 saturated carbocycles. The maximum Gasteiger partial charge on any atom is 0.269 e. The summed E-state index contributed by atoms with van der Waals surface area (Å²) in [5.41, 5.74) is 3.27. The number of anilines is 2. The molecule has 9 heteroatoms. The number of carbonyl (C=O) groups excluding carboxylic acids is 1. The van der Waals surface area contributed by atoms with E-state index in [1.54, 1.807) is 18.2 Å². The van der Waals surface area contributed by atoms with Crippen LogP contribution in [0.4, 0.5) is 17.5 Å². The van der Waals surface area contributed by atoms with Crippen molar-refractivity contribution in [3.8, 4) is 0 Å². The fourth-order valence-corrected chi connectivity index (χ4v) is 4.89. The summed E-state index contributed by atoms with van der Waals surface area (Å²) in [6.45, 7) is 0.649. The minimum Gasteiger partial charge on any atom is -0.362 e. The molecule has 2 aliphatic rings. The predicted molar refractivity (Wildman–Crippen MR) is 138 cm³/mol. The highest BCUT2D eigenvalue weighted by Gasteiger charge is 2.24. The molecule has 1 amide bonds. The molecule has 0 radical (unpaired) electrons. The first-order chi connectivity index (χ1) is 16.9. The lowest BCUT2D eigenvalue weighted by Gasteiger charge is -2.30. The third kappa shape index (κ3) is 6.55. The highest BCUT2D eigenvalue weighted by molar-refractivity contribution is 5.91. The first-order valence-corrected chi connectivity index (χ1v) is 12.4. The summed E-state index contributed by atoms with van der Waals surface area (Å²) in [6, 6.07) is 6.47. The van der Waals surface area contributed by atoms with Gasteiger partial charge in [-0.25, -0.2) is 4.98 Å². The topological polar surface area (TPSA) is 113 Å². The van der Waals surface area contributed by atoms with Gasteiger partial charge in [0.15, 0.2) is 0 Å². The van der Waals surface area contributed by atoms with Gasteiger partial charge in [-0.3, -0.25) is 14.9 Å². The number of nitrogens with zero attached hydrogens (tertiary/aromatic N) is 4. The molecule has 0 atom stereocenters. The number of fused-ring (bicyclic) bond motifs is 1. The van der Waals surface area contributed by atoms with Crippen LogP contribution in [0.15, 0.2) is 30.3 Å². The highest BCUT2D eigenvalue weighted by atomic mass is 16.6. The van der Waals surface area contributed by atoms with Gasteiger partial charge in [0.1, 0.15) is 5.82 Å². The van der Waals surface area contributed by atoms with E-state index in [0.717, 1.165) is 55.9 Å². The van der Waals surface area contributed by atoms with E-state index in [9.17, 15) is 14.9 Å². The molecule has 9 nitrogen and oxygen atoms in total. The van der Waals surface area contributed by atoms with Gasteiger partial charge in [0.05, 0.1) is 10.6 Å². The van der Waals surface area contributed by atoms with Gasteiger partial charge in [0.25, 0.3) is 5.69 Å². The standard InChI is InChI=1S/C26H34N6O3/c1-31(2)25-22-5-3-4-6-23(22)29-26(30-25)28-20-12-7-19(8-13-20)17-27-24(33)16-11-18-9-14-21(15-10-18)32(34)35/h9-11,14-16,19-20H,3-8,12-13,17H2,1-2H3,(H,27,33)(H,28,29,30)/b16-11+. The Morgan fingerprint density at radius 2 is 1.83 bits per heavy atom. The average Bonchev–Trinajstić information content (AvgIpc) is 2.86. The molecule has 1 aromatic carbocycles. The van der Waals surface area contributed by atoms with Gasteiger partial charge in [-0.05, 0) is 81.1 Å². The van der Waals surface area contributed by atoms with Gasteiger partial charge in [-0.15, -0.1) is 0 Å². The van der Waals surface area contributed by atoms with Crippen LogP contribution in [0, 0.1) is 16.0 Å². The van der Waals surface area contributed by atoms with Crippen LogP contribution in [0.5, 0.6) is 0 Å². The van der Waals surface area contributed by atoms with Crippen molar-refractivity contribution in [1.82, 2.24) is 15.3 Å². The normalized spacial score (nSPS) is 19.7. The third-order valence-corrected chi connectivity index (χ3v) is 6.86.